The van der Waals surface area contributed by atoms with E-state index in [-0.39, 0.29) is 18.2 Å². The molecular weight excluding hydrogens is 344 g/mol. The fraction of sp³-hybridized carbons (Fsp3) is 0.286. The molecule has 6 nitrogen and oxygen atoms in total. The van der Waals surface area contributed by atoms with Gasteiger partial charge in [-0.25, -0.2) is 4.79 Å². The Labute approximate surface area is 158 Å². The van der Waals surface area contributed by atoms with Crippen LogP contribution >= 0.6 is 0 Å². The monoisotopic (exact) mass is 366 g/mol. The molecule has 0 aliphatic carbocycles. The number of carbonyl (C=O) groups is 3. The largest absolute Gasteiger partial charge is 0.496 e. The Balaban J connectivity index is 1.93. The molecule has 0 saturated carbocycles. The summed E-state index contributed by atoms with van der Waals surface area (Å²) >= 11 is 0. The summed E-state index contributed by atoms with van der Waals surface area (Å²) in [6.45, 7) is 5.15. The third kappa shape index (κ3) is 3.30. The number of hydrogen-bond donors (Lipinski definition) is 1. The minimum absolute atomic E-state index is 0.0242. The lowest BCUT2D eigenvalue weighted by Gasteiger charge is -2.22. The van der Waals surface area contributed by atoms with Gasteiger partial charge in [0, 0.05) is 11.1 Å². The summed E-state index contributed by atoms with van der Waals surface area (Å²) < 4.78 is 5.33. The van der Waals surface area contributed by atoms with E-state index in [4.69, 9.17) is 4.74 Å². The third-order valence-corrected chi connectivity index (χ3v) is 4.92. The first-order valence-corrected chi connectivity index (χ1v) is 8.65. The maximum absolute atomic E-state index is 13.1. The van der Waals surface area contributed by atoms with Crippen LogP contribution in [0.25, 0.3) is 0 Å². The Kier molecular flexibility index (Phi) is 4.74. The molecule has 0 radical (unpaired) electrons. The number of aryl methyl sites for hydroxylation is 1. The van der Waals surface area contributed by atoms with Gasteiger partial charge in [0.1, 0.15) is 11.3 Å². The van der Waals surface area contributed by atoms with Crippen LogP contribution in [0.15, 0.2) is 42.5 Å². The average molecular weight is 366 g/mol. The number of ether oxygens (including phenoxy) is 1. The number of hydrogen-bond acceptors (Lipinski definition) is 4. The zero-order chi connectivity index (χ0) is 19.8. The summed E-state index contributed by atoms with van der Waals surface area (Å²) in [7, 11) is 1.51. The van der Waals surface area contributed by atoms with E-state index in [0.717, 1.165) is 16.0 Å². The van der Waals surface area contributed by atoms with Crippen molar-refractivity contribution < 1.29 is 19.1 Å². The molecule has 3 rings (SSSR count). The van der Waals surface area contributed by atoms with Gasteiger partial charge >= 0.3 is 6.03 Å². The van der Waals surface area contributed by atoms with Crippen molar-refractivity contribution in [2.24, 2.45) is 0 Å². The minimum atomic E-state index is -1.13. The number of nitrogens with one attached hydrogen (secondary N) is 1. The zero-order valence-electron chi connectivity index (χ0n) is 15.8. The summed E-state index contributed by atoms with van der Waals surface area (Å²) in [5, 5.41) is 2.79. The van der Waals surface area contributed by atoms with E-state index in [1.54, 1.807) is 25.1 Å². The summed E-state index contributed by atoms with van der Waals surface area (Å²) in [4.78, 5) is 38.5. The predicted octanol–water partition coefficient (Wildman–Crippen LogP) is 3.17. The number of Topliss-reactive ketones (excluding diaryl/α,β-unsaturated/α-hetero) is 1. The lowest BCUT2D eigenvalue weighted by atomic mass is 9.91. The number of benzene rings is 2. The molecule has 1 atom stereocenters. The molecule has 1 aliphatic heterocycles. The Morgan fingerprint density at radius 1 is 1.15 bits per heavy atom. The maximum Gasteiger partial charge on any atom is 0.325 e. The van der Waals surface area contributed by atoms with Gasteiger partial charge in [-0.2, -0.15) is 0 Å². The van der Waals surface area contributed by atoms with E-state index in [1.807, 2.05) is 31.2 Å². The Morgan fingerprint density at radius 2 is 1.81 bits per heavy atom. The highest BCUT2D eigenvalue weighted by Crippen LogP contribution is 2.31. The number of methoxy groups -OCH3 is 1. The lowest BCUT2D eigenvalue weighted by Crippen LogP contribution is -2.40. The van der Waals surface area contributed by atoms with Crippen molar-refractivity contribution >= 4 is 17.7 Å². The molecule has 0 aromatic heterocycles. The van der Waals surface area contributed by atoms with Crippen LogP contribution in [-0.2, 0) is 16.9 Å². The SMILES string of the molecule is COc1ccc(C(C)=O)cc1CN1C(=O)N[C@@](C)(c2ccc(C)cc2)C1=O. The smallest absolute Gasteiger partial charge is 0.325 e. The number of ketones is 1. The quantitative estimate of drug-likeness (QED) is 0.651. The molecule has 27 heavy (non-hydrogen) atoms. The van der Waals surface area contributed by atoms with Gasteiger partial charge in [0.15, 0.2) is 5.78 Å². The molecule has 0 unspecified atom stereocenters. The number of nitrogens with zero attached hydrogens (tertiary/aromatic N) is 1. The summed E-state index contributed by atoms with van der Waals surface area (Å²) in [5.41, 5.74) is 1.76. The molecular formula is C21H22N2O4. The van der Waals surface area contributed by atoms with Gasteiger partial charge in [-0.1, -0.05) is 29.8 Å². The third-order valence-electron chi connectivity index (χ3n) is 4.92. The Morgan fingerprint density at radius 3 is 2.41 bits per heavy atom. The number of urea groups is 1. The molecule has 1 saturated heterocycles. The normalized spacial score (nSPS) is 19.2. The van der Waals surface area contributed by atoms with Crippen molar-refractivity contribution in [1.29, 1.82) is 0 Å². The molecule has 0 spiro atoms. The molecule has 6 heteroatoms. The second-order valence-electron chi connectivity index (χ2n) is 6.90. The molecule has 1 heterocycles. The molecule has 1 N–H and O–H groups in total. The van der Waals surface area contributed by atoms with Crippen molar-refractivity contribution in [3.05, 3.63) is 64.7 Å². The summed E-state index contributed by atoms with van der Waals surface area (Å²) in [6.07, 6.45) is 0. The lowest BCUT2D eigenvalue weighted by molar-refractivity contribution is -0.131. The minimum Gasteiger partial charge on any atom is -0.496 e. The second-order valence-corrected chi connectivity index (χ2v) is 6.90. The zero-order valence-corrected chi connectivity index (χ0v) is 15.8. The van der Waals surface area contributed by atoms with E-state index in [0.29, 0.717) is 16.9 Å². The first-order chi connectivity index (χ1) is 12.8. The number of amides is 3. The summed E-state index contributed by atoms with van der Waals surface area (Å²) in [5.74, 6) is 0.0803. The highest BCUT2D eigenvalue weighted by atomic mass is 16.5. The van der Waals surface area contributed by atoms with Crippen LogP contribution in [0.4, 0.5) is 4.79 Å². The van der Waals surface area contributed by atoms with E-state index >= 15 is 0 Å². The topological polar surface area (TPSA) is 75.7 Å². The van der Waals surface area contributed by atoms with Crippen LogP contribution in [0.2, 0.25) is 0 Å². The van der Waals surface area contributed by atoms with E-state index in [9.17, 15) is 14.4 Å². The fourth-order valence-electron chi connectivity index (χ4n) is 3.21. The first-order valence-electron chi connectivity index (χ1n) is 8.65. The number of carbonyl (C=O) groups excluding carboxylic acids is 3. The molecule has 0 bridgehead atoms. The van der Waals surface area contributed by atoms with Gasteiger partial charge in [-0.05, 0) is 44.5 Å². The first kappa shape index (κ1) is 18.6. The summed E-state index contributed by atoms with van der Waals surface area (Å²) in [6, 6.07) is 12.0. The van der Waals surface area contributed by atoms with Crippen LogP contribution < -0.4 is 10.1 Å². The van der Waals surface area contributed by atoms with Gasteiger partial charge in [-0.3, -0.25) is 14.5 Å². The highest BCUT2D eigenvalue weighted by Gasteiger charge is 2.49. The molecule has 1 fully saturated rings. The molecule has 140 valence electrons. The average Bonchev–Trinajstić information content (AvgIpc) is 2.86. The van der Waals surface area contributed by atoms with Crippen LogP contribution in [0, 0.1) is 6.92 Å². The molecule has 3 amide bonds. The van der Waals surface area contributed by atoms with Crippen LogP contribution in [0.3, 0.4) is 0 Å². The van der Waals surface area contributed by atoms with Gasteiger partial charge in [0.25, 0.3) is 5.91 Å². The van der Waals surface area contributed by atoms with E-state index < -0.39 is 11.6 Å². The maximum atomic E-state index is 13.1. The van der Waals surface area contributed by atoms with E-state index in [2.05, 4.69) is 5.32 Å². The van der Waals surface area contributed by atoms with Gasteiger partial charge in [0.2, 0.25) is 0 Å². The highest BCUT2D eigenvalue weighted by molar-refractivity contribution is 6.07. The standard InChI is InChI=1S/C21H22N2O4/c1-13-5-8-17(9-6-13)21(3)19(25)23(20(26)22-21)12-16-11-15(14(2)24)7-10-18(16)27-4/h5-11H,12H2,1-4H3,(H,22,26)/t21-/m0/s1. The van der Waals surface area contributed by atoms with Gasteiger partial charge in [-0.15, -0.1) is 0 Å². The van der Waals surface area contributed by atoms with Gasteiger partial charge in [0.05, 0.1) is 13.7 Å². The van der Waals surface area contributed by atoms with Gasteiger partial charge < -0.3 is 10.1 Å². The van der Waals surface area contributed by atoms with Crippen molar-refractivity contribution in [1.82, 2.24) is 10.2 Å². The molecule has 1 aliphatic rings. The van der Waals surface area contributed by atoms with Crippen molar-refractivity contribution in [2.75, 3.05) is 7.11 Å². The van der Waals surface area contributed by atoms with E-state index in [1.165, 1.54) is 14.0 Å². The fourth-order valence-corrected chi connectivity index (χ4v) is 3.21. The van der Waals surface area contributed by atoms with Crippen LogP contribution in [0.1, 0.15) is 40.9 Å². The molecule has 2 aromatic carbocycles. The Bertz CT molecular complexity index is 920. The second kappa shape index (κ2) is 6.87. The van der Waals surface area contributed by atoms with Crippen LogP contribution in [-0.4, -0.2) is 29.7 Å². The Hall–Kier alpha value is -3.15. The molecule has 2 aromatic rings. The van der Waals surface area contributed by atoms with Crippen LogP contribution in [0.5, 0.6) is 5.75 Å². The number of rotatable bonds is 5. The van der Waals surface area contributed by atoms with Crippen molar-refractivity contribution in [2.45, 2.75) is 32.9 Å². The predicted molar refractivity (Wildman–Crippen MR) is 101 cm³/mol. The van der Waals surface area contributed by atoms with Crippen molar-refractivity contribution in [3.63, 3.8) is 0 Å². The number of imide groups is 1. The van der Waals surface area contributed by atoms with Crippen molar-refractivity contribution in [3.8, 4) is 5.75 Å².